The first-order valence-electron chi connectivity index (χ1n) is 9.50. The summed E-state index contributed by atoms with van der Waals surface area (Å²) in [5.41, 5.74) is 1.55. The molecule has 1 saturated heterocycles. The number of nitrogens with one attached hydrogen (secondary N) is 1. The van der Waals surface area contributed by atoms with Crippen molar-refractivity contribution in [2.75, 3.05) is 44.6 Å². The average molecular weight is 383 g/mol. The highest BCUT2D eigenvalue weighted by molar-refractivity contribution is 5.92. The summed E-state index contributed by atoms with van der Waals surface area (Å²) >= 11 is 0. The largest absolute Gasteiger partial charge is 0.450 e. The third-order valence-corrected chi connectivity index (χ3v) is 4.54. The molecular weight excluding hydrogens is 358 g/mol. The van der Waals surface area contributed by atoms with Crippen LogP contribution in [0.1, 0.15) is 23.0 Å². The first-order valence-corrected chi connectivity index (χ1v) is 9.50. The Morgan fingerprint density at radius 3 is 2.36 bits per heavy atom. The smallest absolute Gasteiger partial charge is 0.409 e. The maximum absolute atomic E-state index is 12.6. The number of benzene rings is 1. The van der Waals surface area contributed by atoms with Gasteiger partial charge in [-0.05, 0) is 31.0 Å². The number of carbonyl (C=O) groups is 2. The zero-order chi connectivity index (χ0) is 19.8. The predicted molar refractivity (Wildman–Crippen MR) is 105 cm³/mol. The average Bonchev–Trinajstić information content (AvgIpc) is 2.75. The highest BCUT2D eigenvalue weighted by Gasteiger charge is 2.26. The summed E-state index contributed by atoms with van der Waals surface area (Å²) in [5.74, 6) is 0.464. The third kappa shape index (κ3) is 5.18. The van der Waals surface area contributed by atoms with Gasteiger partial charge >= 0.3 is 6.09 Å². The van der Waals surface area contributed by atoms with Gasteiger partial charge in [0.25, 0.3) is 5.91 Å². The molecule has 2 amide bonds. The molecule has 28 heavy (non-hydrogen) atoms. The lowest BCUT2D eigenvalue weighted by Crippen LogP contribution is -2.50. The van der Waals surface area contributed by atoms with Gasteiger partial charge in [0.1, 0.15) is 5.82 Å². The van der Waals surface area contributed by atoms with Gasteiger partial charge in [-0.3, -0.25) is 4.79 Å². The van der Waals surface area contributed by atoms with E-state index in [9.17, 15) is 9.59 Å². The van der Waals surface area contributed by atoms with E-state index in [0.717, 1.165) is 13.0 Å². The summed E-state index contributed by atoms with van der Waals surface area (Å²) in [4.78, 5) is 27.6. The number of anilines is 1. The Morgan fingerprint density at radius 2 is 1.71 bits per heavy atom. The van der Waals surface area contributed by atoms with Gasteiger partial charge in [-0.1, -0.05) is 30.3 Å². The van der Waals surface area contributed by atoms with E-state index >= 15 is 0 Å². The van der Waals surface area contributed by atoms with E-state index < -0.39 is 0 Å². The lowest BCUT2D eigenvalue weighted by molar-refractivity contribution is 0.0565. The summed E-state index contributed by atoms with van der Waals surface area (Å²) in [7, 11) is 0. The van der Waals surface area contributed by atoms with Crippen LogP contribution in [0, 0.1) is 0 Å². The van der Waals surface area contributed by atoms with Gasteiger partial charge in [0.2, 0.25) is 0 Å². The van der Waals surface area contributed by atoms with Crippen LogP contribution in [0.5, 0.6) is 0 Å². The Kier molecular flexibility index (Phi) is 6.78. The van der Waals surface area contributed by atoms with Crippen molar-refractivity contribution >= 4 is 17.8 Å². The van der Waals surface area contributed by atoms with Crippen molar-refractivity contribution in [1.29, 1.82) is 0 Å². The quantitative estimate of drug-likeness (QED) is 0.821. The zero-order valence-corrected chi connectivity index (χ0v) is 16.0. The fourth-order valence-corrected chi connectivity index (χ4v) is 2.99. The van der Waals surface area contributed by atoms with Gasteiger partial charge in [-0.25, -0.2) is 4.79 Å². The van der Waals surface area contributed by atoms with Crippen molar-refractivity contribution in [3.05, 3.63) is 53.7 Å². The van der Waals surface area contributed by atoms with Crippen molar-refractivity contribution in [2.24, 2.45) is 0 Å². The normalized spacial score (nSPS) is 13.9. The van der Waals surface area contributed by atoms with E-state index in [1.54, 1.807) is 28.9 Å². The number of piperazine rings is 1. The van der Waals surface area contributed by atoms with Gasteiger partial charge in [0.15, 0.2) is 5.69 Å². The number of ether oxygens (including phenoxy) is 1. The molecule has 1 fully saturated rings. The number of hydrogen-bond donors (Lipinski definition) is 1. The topological polar surface area (TPSA) is 87.7 Å². The lowest BCUT2D eigenvalue weighted by Gasteiger charge is -2.33. The summed E-state index contributed by atoms with van der Waals surface area (Å²) in [6.07, 6.45) is 0.550. The maximum Gasteiger partial charge on any atom is 0.409 e. The number of nitrogens with zero attached hydrogens (tertiary/aromatic N) is 4. The Hall–Kier alpha value is -3.16. The van der Waals surface area contributed by atoms with Gasteiger partial charge in [-0.15, -0.1) is 10.2 Å². The molecule has 0 aliphatic carbocycles. The SMILES string of the molecule is CCOC(=O)N1CCN(C(=O)c2ccc(NCCc3ccccc3)nn2)CC1. The minimum absolute atomic E-state index is 0.174. The van der Waals surface area contributed by atoms with E-state index in [1.165, 1.54) is 5.56 Å². The molecule has 1 aliphatic rings. The molecule has 0 atom stereocenters. The molecule has 1 N–H and O–H groups in total. The van der Waals surface area contributed by atoms with Crippen molar-refractivity contribution < 1.29 is 14.3 Å². The van der Waals surface area contributed by atoms with Crippen LogP contribution in [0.2, 0.25) is 0 Å². The van der Waals surface area contributed by atoms with Crippen LogP contribution >= 0.6 is 0 Å². The highest BCUT2D eigenvalue weighted by Crippen LogP contribution is 2.10. The molecule has 1 aromatic heterocycles. The number of rotatable bonds is 6. The standard InChI is InChI=1S/C20H25N5O3/c1-2-28-20(27)25-14-12-24(13-15-25)19(26)17-8-9-18(23-22-17)21-11-10-16-6-4-3-5-7-16/h3-9H,2,10-15H2,1H3,(H,21,23). The second-order valence-corrected chi connectivity index (χ2v) is 6.44. The minimum Gasteiger partial charge on any atom is -0.450 e. The Bertz CT molecular complexity index is 774. The van der Waals surface area contributed by atoms with Gasteiger partial charge in [0, 0.05) is 32.7 Å². The molecule has 1 aliphatic heterocycles. The molecule has 0 radical (unpaired) electrons. The number of amides is 2. The van der Waals surface area contributed by atoms with Gasteiger partial charge in [-0.2, -0.15) is 0 Å². The van der Waals surface area contributed by atoms with Gasteiger partial charge < -0.3 is 19.9 Å². The first-order chi connectivity index (χ1) is 13.7. The molecule has 0 bridgehead atoms. The molecule has 0 spiro atoms. The fourth-order valence-electron chi connectivity index (χ4n) is 2.99. The maximum atomic E-state index is 12.6. The van der Waals surface area contributed by atoms with Crippen LogP contribution in [-0.2, 0) is 11.2 Å². The van der Waals surface area contributed by atoms with E-state index in [0.29, 0.717) is 44.3 Å². The van der Waals surface area contributed by atoms with Crippen LogP contribution in [0.15, 0.2) is 42.5 Å². The van der Waals surface area contributed by atoms with Crippen LogP contribution in [0.3, 0.4) is 0 Å². The fraction of sp³-hybridized carbons (Fsp3) is 0.400. The van der Waals surface area contributed by atoms with Crippen molar-refractivity contribution in [3.63, 3.8) is 0 Å². The molecular formula is C20H25N5O3. The van der Waals surface area contributed by atoms with E-state index in [2.05, 4.69) is 27.6 Å². The number of hydrogen-bond acceptors (Lipinski definition) is 6. The molecule has 0 unspecified atom stereocenters. The molecule has 3 rings (SSSR count). The van der Waals surface area contributed by atoms with Crippen LogP contribution < -0.4 is 5.32 Å². The van der Waals surface area contributed by atoms with E-state index in [-0.39, 0.29) is 12.0 Å². The zero-order valence-electron chi connectivity index (χ0n) is 16.0. The molecule has 1 aromatic carbocycles. The summed E-state index contributed by atoms with van der Waals surface area (Å²) in [6, 6.07) is 13.6. The Labute approximate surface area is 164 Å². The number of aromatic nitrogens is 2. The molecule has 2 aromatic rings. The Morgan fingerprint density at radius 1 is 1.00 bits per heavy atom. The van der Waals surface area contributed by atoms with Crippen molar-refractivity contribution in [2.45, 2.75) is 13.3 Å². The Balaban J connectivity index is 1.47. The highest BCUT2D eigenvalue weighted by atomic mass is 16.6. The molecule has 8 heteroatoms. The molecule has 148 valence electrons. The third-order valence-electron chi connectivity index (χ3n) is 4.54. The predicted octanol–water partition coefficient (Wildman–Crippen LogP) is 2.05. The van der Waals surface area contributed by atoms with Gasteiger partial charge in [0.05, 0.1) is 6.61 Å². The van der Waals surface area contributed by atoms with Crippen molar-refractivity contribution in [1.82, 2.24) is 20.0 Å². The second-order valence-electron chi connectivity index (χ2n) is 6.44. The second kappa shape index (κ2) is 9.68. The number of carbonyl (C=O) groups excluding carboxylic acids is 2. The molecule has 2 heterocycles. The van der Waals surface area contributed by atoms with Crippen LogP contribution in [0.25, 0.3) is 0 Å². The molecule has 0 saturated carbocycles. The summed E-state index contributed by atoms with van der Waals surface area (Å²) in [5, 5.41) is 11.4. The minimum atomic E-state index is -0.333. The van der Waals surface area contributed by atoms with E-state index in [1.807, 2.05) is 18.2 Å². The monoisotopic (exact) mass is 383 g/mol. The van der Waals surface area contributed by atoms with Crippen molar-refractivity contribution in [3.8, 4) is 0 Å². The summed E-state index contributed by atoms with van der Waals surface area (Å²) in [6.45, 7) is 4.68. The van der Waals surface area contributed by atoms with Crippen LogP contribution in [-0.4, -0.2) is 71.3 Å². The molecule has 8 nitrogen and oxygen atoms in total. The lowest BCUT2D eigenvalue weighted by atomic mass is 10.1. The first kappa shape index (κ1) is 19.6. The van der Waals surface area contributed by atoms with Crippen LogP contribution in [0.4, 0.5) is 10.6 Å². The van der Waals surface area contributed by atoms with E-state index in [4.69, 9.17) is 4.74 Å². The summed E-state index contributed by atoms with van der Waals surface area (Å²) < 4.78 is 4.99.